The van der Waals surface area contributed by atoms with E-state index in [1.807, 2.05) is 67.3 Å². The van der Waals surface area contributed by atoms with Gasteiger partial charge in [-0.3, -0.25) is 15.0 Å². The van der Waals surface area contributed by atoms with Gasteiger partial charge < -0.3 is 13.5 Å². The van der Waals surface area contributed by atoms with Gasteiger partial charge in [-0.15, -0.1) is 12.1 Å². The molecule has 0 aliphatic rings. The molecule has 7 heteroatoms. The summed E-state index contributed by atoms with van der Waals surface area (Å²) in [5.41, 5.74) is 11.2. The first-order valence-corrected chi connectivity index (χ1v) is 17.5. The summed E-state index contributed by atoms with van der Waals surface area (Å²) in [6, 6.07) is 55.2. The number of imidazole rings is 2. The molecule has 6 nitrogen and oxygen atoms in total. The largest absolute Gasteiger partial charge is 2.00 e. The van der Waals surface area contributed by atoms with Crippen molar-refractivity contribution >= 4 is 54.8 Å². The summed E-state index contributed by atoms with van der Waals surface area (Å²) in [7, 11) is 0. The number of fused-ring (bicyclic) bond motifs is 12. The van der Waals surface area contributed by atoms with Crippen LogP contribution in [-0.4, -0.2) is 23.8 Å². The molecular weight excluding hydrogens is 846 g/mol. The summed E-state index contributed by atoms with van der Waals surface area (Å²) in [5, 5.41) is 4.83. The van der Waals surface area contributed by atoms with Gasteiger partial charge in [-0.25, -0.2) is 0 Å². The number of pyridine rings is 3. The zero-order valence-electron chi connectivity index (χ0n) is 28.5. The normalized spacial score (nSPS) is 11.6. The Morgan fingerprint density at radius 3 is 1.93 bits per heavy atom. The zero-order valence-corrected chi connectivity index (χ0v) is 30.8. The Balaban J connectivity index is 0.00000361. The Morgan fingerprint density at radius 2 is 1.19 bits per heavy atom. The SMILES string of the molecule is [Pt+2].[c-]1c(Oc2[c-]c3c(cc2)c2ncccc2n2c(-c4ccccc4)cnc32)ccc2c1c1nccn1c1c(-c3ccccc3)cc(-c3ccccc3)cc21. The predicted octanol–water partition coefficient (Wildman–Crippen LogP) is 11.4. The van der Waals surface area contributed by atoms with E-state index < -0.39 is 0 Å². The average Bonchev–Trinajstić information content (AvgIpc) is 3.91. The molecule has 11 aromatic rings. The van der Waals surface area contributed by atoms with Gasteiger partial charge in [0.15, 0.2) is 0 Å². The summed E-state index contributed by atoms with van der Waals surface area (Å²) in [5.74, 6) is 1.13. The van der Waals surface area contributed by atoms with Crippen LogP contribution >= 0.6 is 0 Å². The van der Waals surface area contributed by atoms with Crippen molar-refractivity contribution in [3.8, 4) is 45.0 Å². The van der Waals surface area contributed by atoms with E-state index in [2.05, 4.69) is 118 Å². The number of benzene rings is 6. The summed E-state index contributed by atoms with van der Waals surface area (Å²) < 4.78 is 10.9. The first-order chi connectivity index (χ1) is 26.3. The number of nitrogens with zero attached hydrogens (tertiary/aromatic N) is 5. The second kappa shape index (κ2) is 12.8. The molecule has 5 heterocycles. The molecule has 5 aromatic heterocycles. The van der Waals surface area contributed by atoms with E-state index in [0.717, 1.165) is 88.3 Å². The number of rotatable bonds is 5. The number of ether oxygens (including phenoxy) is 1. The molecule has 54 heavy (non-hydrogen) atoms. The van der Waals surface area contributed by atoms with Crippen LogP contribution in [0.15, 0.2) is 164 Å². The van der Waals surface area contributed by atoms with Crippen molar-refractivity contribution in [3.63, 3.8) is 0 Å². The fraction of sp³-hybridized carbons (Fsp3) is 0. The third-order valence-corrected chi connectivity index (χ3v) is 10.1. The van der Waals surface area contributed by atoms with E-state index in [1.165, 1.54) is 0 Å². The van der Waals surface area contributed by atoms with E-state index in [-0.39, 0.29) is 21.1 Å². The second-order valence-electron chi connectivity index (χ2n) is 13.1. The van der Waals surface area contributed by atoms with Crippen LogP contribution in [0.2, 0.25) is 0 Å². The molecule has 11 rings (SSSR count). The number of hydrogen-bond acceptors (Lipinski definition) is 4. The average molecular weight is 873 g/mol. The van der Waals surface area contributed by atoms with Crippen molar-refractivity contribution in [1.82, 2.24) is 23.8 Å². The van der Waals surface area contributed by atoms with Crippen LogP contribution < -0.4 is 4.74 Å². The van der Waals surface area contributed by atoms with Crippen LogP contribution in [0.4, 0.5) is 0 Å². The smallest absolute Gasteiger partial charge is 0.497 e. The summed E-state index contributed by atoms with van der Waals surface area (Å²) >= 11 is 0. The Morgan fingerprint density at radius 1 is 0.519 bits per heavy atom. The number of hydrogen-bond donors (Lipinski definition) is 0. The molecule has 0 atom stereocenters. The first-order valence-electron chi connectivity index (χ1n) is 17.5. The molecule has 0 aliphatic heterocycles. The van der Waals surface area contributed by atoms with Crippen molar-refractivity contribution < 1.29 is 25.8 Å². The quantitative estimate of drug-likeness (QED) is 0.128. The Kier molecular flexibility index (Phi) is 7.60. The minimum absolute atomic E-state index is 0. The standard InChI is InChI=1S/C47H27N5O.Pt/c1-4-11-30(12-5-1)33-25-38(31-13-6-2-7-14-31)45-39(26-33)36-20-18-34(27-40(36)46-49-23-24-51(45)46)53-35-19-21-37-41(28-35)47-50-29-43(32-15-8-3-9-16-32)52(47)42-17-10-22-48-44(37)42;/h1-26,29H;/q-2;+2. The van der Waals surface area contributed by atoms with E-state index in [1.54, 1.807) is 0 Å². The van der Waals surface area contributed by atoms with Gasteiger partial charge in [-0.05, 0) is 45.8 Å². The topological polar surface area (TPSA) is 56.7 Å². The van der Waals surface area contributed by atoms with Crippen LogP contribution in [0.25, 0.3) is 88.3 Å². The van der Waals surface area contributed by atoms with E-state index in [9.17, 15) is 0 Å². The fourth-order valence-electron chi connectivity index (χ4n) is 7.73. The second-order valence-corrected chi connectivity index (χ2v) is 13.1. The van der Waals surface area contributed by atoms with E-state index in [4.69, 9.17) is 19.7 Å². The molecule has 0 radical (unpaired) electrons. The minimum Gasteiger partial charge on any atom is -0.497 e. The van der Waals surface area contributed by atoms with Crippen LogP contribution in [0, 0.1) is 12.1 Å². The zero-order chi connectivity index (χ0) is 34.9. The van der Waals surface area contributed by atoms with Gasteiger partial charge in [-0.1, -0.05) is 143 Å². The summed E-state index contributed by atoms with van der Waals surface area (Å²) in [4.78, 5) is 14.5. The molecule has 0 aliphatic carbocycles. The van der Waals surface area contributed by atoms with Crippen molar-refractivity contribution in [2.75, 3.05) is 0 Å². The molecule has 6 aromatic carbocycles. The Bertz CT molecular complexity index is 3190. The molecule has 0 saturated carbocycles. The van der Waals surface area contributed by atoms with Gasteiger partial charge in [0.2, 0.25) is 0 Å². The van der Waals surface area contributed by atoms with Crippen LogP contribution in [0.1, 0.15) is 0 Å². The molecule has 0 N–H and O–H groups in total. The van der Waals surface area contributed by atoms with E-state index in [0.29, 0.717) is 11.5 Å². The first kappa shape index (κ1) is 32.1. The predicted molar refractivity (Wildman–Crippen MR) is 212 cm³/mol. The molecule has 0 unspecified atom stereocenters. The molecule has 0 amide bonds. The van der Waals surface area contributed by atoms with E-state index >= 15 is 0 Å². The molecule has 0 saturated heterocycles. The molecule has 0 spiro atoms. The Hall–Kier alpha value is -6.62. The van der Waals surface area contributed by atoms with Crippen molar-refractivity contribution in [1.29, 1.82) is 0 Å². The van der Waals surface area contributed by atoms with Gasteiger partial charge in [0, 0.05) is 47.4 Å². The number of aromatic nitrogens is 5. The van der Waals surface area contributed by atoms with Gasteiger partial charge in [-0.2, -0.15) is 0 Å². The van der Waals surface area contributed by atoms with Gasteiger partial charge in [0.25, 0.3) is 0 Å². The maximum absolute atomic E-state index is 6.57. The van der Waals surface area contributed by atoms with Gasteiger partial charge >= 0.3 is 21.1 Å². The molecule has 0 fully saturated rings. The van der Waals surface area contributed by atoms with Crippen molar-refractivity contribution in [3.05, 3.63) is 176 Å². The van der Waals surface area contributed by atoms with Crippen molar-refractivity contribution in [2.24, 2.45) is 0 Å². The van der Waals surface area contributed by atoms with Gasteiger partial charge in [0.05, 0.1) is 28.0 Å². The third-order valence-electron chi connectivity index (χ3n) is 10.1. The fourth-order valence-corrected chi connectivity index (χ4v) is 7.73. The molecule has 256 valence electrons. The Labute approximate surface area is 324 Å². The van der Waals surface area contributed by atoms with Crippen molar-refractivity contribution in [2.45, 2.75) is 0 Å². The monoisotopic (exact) mass is 872 g/mol. The van der Waals surface area contributed by atoms with Crippen LogP contribution in [0.3, 0.4) is 0 Å². The van der Waals surface area contributed by atoms with Crippen LogP contribution in [0.5, 0.6) is 11.5 Å². The summed E-state index contributed by atoms with van der Waals surface area (Å²) in [6.07, 6.45) is 7.63. The molecular formula is C47H27N5OPt. The third kappa shape index (κ3) is 5.02. The van der Waals surface area contributed by atoms with Crippen LogP contribution in [-0.2, 0) is 21.1 Å². The maximum Gasteiger partial charge on any atom is 2.00 e. The molecule has 0 bridgehead atoms. The van der Waals surface area contributed by atoms with Gasteiger partial charge in [0.1, 0.15) is 0 Å². The minimum atomic E-state index is 0. The summed E-state index contributed by atoms with van der Waals surface area (Å²) in [6.45, 7) is 0. The maximum atomic E-state index is 6.57.